The Labute approximate surface area is 241 Å². The summed E-state index contributed by atoms with van der Waals surface area (Å²) >= 11 is 1.52. The molecular formula is C32H41N5O2S. The first-order chi connectivity index (χ1) is 19.1. The van der Waals surface area contributed by atoms with Crippen LogP contribution in [-0.2, 0) is 6.54 Å². The number of H-pyrrole nitrogens is 1. The van der Waals surface area contributed by atoms with Gasteiger partial charge in [-0.1, -0.05) is 18.2 Å². The van der Waals surface area contributed by atoms with Gasteiger partial charge in [0.1, 0.15) is 0 Å². The molecule has 1 amide bonds. The summed E-state index contributed by atoms with van der Waals surface area (Å²) in [6, 6.07) is 13.3. The van der Waals surface area contributed by atoms with Crippen LogP contribution in [-0.4, -0.2) is 33.3 Å². The van der Waals surface area contributed by atoms with Gasteiger partial charge in [-0.3, -0.25) is 9.59 Å². The molecule has 1 atom stereocenters. The maximum Gasteiger partial charge on any atom is 0.254 e. The minimum Gasteiger partial charge on any atom is -0.348 e. The largest absolute Gasteiger partial charge is 0.348 e. The van der Waals surface area contributed by atoms with Crippen LogP contribution in [0.3, 0.4) is 0 Å². The quantitative estimate of drug-likeness (QED) is 0.294. The Morgan fingerprint density at radius 2 is 1.93 bits per heavy atom. The molecule has 7 nitrogen and oxygen atoms in total. The number of aromatic nitrogens is 2. The van der Waals surface area contributed by atoms with Crippen molar-refractivity contribution in [2.75, 3.05) is 6.26 Å². The van der Waals surface area contributed by atoms with Crippen molar-refractivity contribution in [3.63, 3.8) is 0 Å². The van der Waals surface area contributed by atoms with Gasteiger partial charge in [-0.25, -0.2) is 0 Å². The first kappa shape index (κ1) is 28.5. The zero-order chi connectivity index (χ0) is 28.6. The highest BCUT2D eigenvalue weighted by molar-refractivity contribution is 7.98. The number of thioether (sulfide) groups is 1. The summed E-state index contributed by atoms with van der Waals surface area (Å²) in [6.45, 7) is 8.65. The Morgan fingerprint density at radius 3 is 2.60 bits per heavy atom. The van der Waals surface area contributed by atoms with Crippen LogP contribution >= 0.6 is 11.8 Å². The second-order valence-electron chi connectivity index (χ2n) is 12.2. The Balaban J connectivity index is 1.32. The first-order valence-electron chi connectivity index (χ1n) is 14.5. The molecule has 1 aromatic carbocycles. The molecule has 2 aliphatic rings. The van der Waals surface area contributed by atoms with E-state index in [1.807, 2.05) is 44.4 Å². The second-order valence-corrected chi connectivity index (χ2v) is 13.0. The lowest BCUT2D eigenvalue weighted by Crippen LogP contribution is -2.56. The molecule has 3 aromatic rings. The van der Waals surface area contributed by atoms with Crippen LogP contribution in [0, 0.1) is 37.0 Å². The number of benzene rings is 1. The molecule has 0 radical (unpaired) electrons. The number of hydrogen-bond acceptors (Lipinski definition) is 5. The highest BCUT2D eigenvalue weighted by Crippen LogP contribution is 2.41. The number of carbonyl (C=O) groups excluding carboxylic acids is 1. The third-order valence-corrected chi connectivity index (χ3v) is 10.1. The lowest BCUT2D eigenvalue weighted by molar-refractivity contribution is 0.0951. The van der Waals surface area contributed by atoms with Gasteiger partial charge in [-0.15, -0.1) is 11.8 Å². The maximum atomic E-state index is 13.6. The normalized spacial score (nSPS) is 25.2. The summed E-state index contributed by atoms with van der Waals surface area (Å²) in [4.78, 5) is 30.0. The molecule has 3 N–H and O–H groups in total. The molecular weight excluding hydrogens is 518 g/mol. The van der Waals surface area contributed by atoms with Crippen molar-refractivity contribution < 1.29 is 4.79 Å². The van der Waals surface area contributed by atoms with E-state index in [0.717, 1.165) is 65.7 Å². The van der Waals surface area contributed by atoms with Gasteiger partial charge in [0.05, 0.1) is 11.6 Å². The van der Waals surface area contributed by atoms with Gasteiger partial charge >= 0.3 is 0 Å². The molecule has 0 bridgehead atoms. The highest BCUT2D eigenvalue weighted by Gasteiger charge is 2.42. The predicted octanol–water partition coefficient (Wildman–Crippen LogP) is 6.00. The molecule has 2 aromatic heterocycles. The van der Waals surface area contributed by atoms with Crippen molar-refractivity contribution >= 4 is 28.6 Å². The van der Waals surface area contributed by atoms with Crippen molar-refractivity contribution in [3.8, 4) is 6.07 Å². The topological polar surface area (TPSA) is 103 Å². The summed E-state index contributed by atoms with van der Waals surface area (Å²) < 4.78 is 2.36. The fourth-order valence-electron chi connectivity index (χ4n) is 7.18. The smallest absolute Gasteiger partial charge is 0.254 e. The lowest BCUT2D eigenvalue weighted by atomic mass is 9.69. The molecule has 0 unspecified atom stereocenters. The van der Waals surface area contributed by atoms with Gasteiger partial charge in [-0.05, 0) is 90.5 Å². The van der Waals surface area contributed by atoms with E-state index in [2.05, 4.69) is 46.2 Å². The number of carbonyl (C=O) groups is 1. The van der Waals surface area contributed by atoms with E-state index in [-0.39, 0.29) is 35.5 Å². The van der Waals surface area contributed by atoms with Crippen LogP contribution in [0.15, 0.2) is 40.0 Å². The number of aromatic amines is 1. The summed E-state index contributed by atoms with van der Waals surface area (Å²) in [5, 5.41) is 17.0. The van der Waals surface area contributed by atoms with E-state index < -0.39 is 0 Å². The number of fused-ring (bicyclic) bond motifs is 1. The number of pyridine rings is 1. The summed E-state index contributed by atoms with van der Waals surface area (Å²) in [6.07, 6.45) is 8.40. The monoisotopic (exact) mass is 559 g/mol. The van der Waals surface area contributed by atoms with E-state index in [4.69, 9.17) is 5.26 Å². The minimum atomic E-state index is -0.154. The van der Waals surface area contributed by atoms with Gasteiger partial charge in [0.2, 0.25) is 0 Å². The number of aryl methyl sites for hydroxylation is 1. The van der Waals surface area contributed by atoms with E-state index in [1.165, 1.54) is 11.8 Å². The van der Waals surface area contributed by atoms with E-state index >= 15 is 0 Å². The second kappa shape index (κ2) is 11.5. The lowest BCUT2D eigenvalue weighted by Gasteiger charge is -2.47. The molecule has 2 saturated carbocycles. The number of nitriles is 1. The number of para-hydroxylation sites is 1. The van der Waals surface area contributed by atoms with Crippen molar-refractivity contribution in [2.45, 2.75) is 95.3 Å². The average molecular weight is 560 g/mol. The third kappa shape index (κ3) is 5.46. The van der Waals surface area contributed by atoms with Gasteiger partial charge in [-0.2, -0.15) is 5.26 Å². The standard InChI is InChI=1S/C32H41N5O2S/c1-19-14-28(40-5)26(30(38)35-19)18-34-31(39)29-21(3)37(27-9-7-6-8-25(27)29)20(2)23-10-12-24(13-11-23)36-32(4)15-22(16-32)17-33/h6-9,14,20,22-24,36H,10-13,15-16,18H2,1-5H3,(H,34,39)(H,35,38)/t20-,22?,23?,24?,32?/m1/s1. The van der Waals surface area contributed by atoms with Crippen molar-refractivity contribution in [1.29, 1.82) is 5.26 Å². The number of nitrogens with zero attached hydrogens (tertiary/aromatic N) is 2. The fraction of sp³-hybridized carbons (Fsp3) is 0.531. The number of hydrogen-bond donors (Lipinski definition) is 3. The van der Waals surface area contributed by atoms with Gasteiger partial charge in [0, 0.05) is 62.8 Å². The molecule has 40 heavy (non-hydrogen) atoms. The molecule has 2 heterocycles. The van der Waals surface area contributed by atoms with Crippen LogP contribution in [0.2, 0.25) is 0 Å². The van der Waals surface area contributed by atoms with E-state index in [9.17, 15) is 9.59 Å². The Hall–Kier alpha value is -3.02. The van der Waals surface area contributed by atoms with Crippen molar-refractivity contribution in [3.05, 3.63) is 63.2 Å². The molecule has 212 valence electrons. The Kier molecular flexibility index (Phi) is 8.17. The molecule has 8 heteroatoms. The molecule has 0 aliphatic heterocycles. The summed E-state index contributed by atoms with van der Waals surface area (Å²) in [5.74, 6) is 0.583. The Morgan fingerprint density at radius 1 is 1.23 bits per heavy atom. The van der Waals surface area contributed by atoms with Gasteiger partial charge in [0.15, 0.2) is 0 Å². The summed E-state index contributed by atoms with van der Waals surface area (Å²) in [7, 11) is 0. The number of amides is 1. The minimum absolute atomic E-state index is 0.110. The first-order valence-corrected chi connectivity index (χ1v) is 15.7. The maximum absolute atomic E-state index is 13.6. The summed E-state index contributed by atoms with van der Waals surface area (Å²) in [5.41, 5.74) is 4.10. The fourth-order valence-corrected chi connectivity index (χ4v) is 7.89. The molecule has 2 fully saturated rings. The van der Waals surface area contributed by atoms with Crippen LogP contribution in [0.25, 0.3) is 10.9 Å². The van der Waals surface area contributed by atoms with Crippen molar-refractivity contribution in [1.82, 2.24) is 20.2 Å². The van der Waals surface area contributed by atoms with E-state index in [1.54, 1.807) is 0 Å². The van der Waals surface area contributed by atoms with Gasteiger partial charge < -0.3 is 20.2 Å². The molecule has 2 aliphatic carbocycles. The van der Waals surface area contributed by atoms with Crippen LogP contribution < -0.4 is 16.2 Å². The SMILES string of the molecule is CSc1cc(C)[nH]c(=O)c1CNC(=O)c1c(C)n([C@H](C)C2CCC(NC3(C)CC(C#N)C3)CC2)c2ccccc12. The number of nitrogens with one attached hydrogen (secondary N) is 3. The molecule has 0 spiro atoms. The Bertz CT molecular complexity index is 1500. The van der Waals surface area contributed by atoms with Crippen molar-refractivity contribution in [2.24, 2.45) is 11.8 Å². The highest BCUT2D eigenvalue weighted by atomic mass is 32.2. The molecule has 0 saturated heterocycles. The zero-order valence-electron chi connectivity index (χ0n) is 24.3. The van der Waals surface area contributed by atoms with E-state index in [0.29, 0.717) is 23.1 Å². The third-order valence-electron chi connectivity index (χ3n) is 9.25. The van der Waals surface area contributed by atoms with Gasteiger partial charge in [0.25, 0.3) is 11.5 Å². The van der Waals surface area contributed by atoms with Crippen LogP contribution in [0.5, 0.6) is 0 Å². The average Bonchev–Trinajstić information content (AvgIpc) is 3.22. The van der Waals surface area contributed by atoms with Crippen LogP contribution in [0.4, 0.5) is 0 Å². The van der Waals surface area contributed by atoms with Crippen LogP contribution in [0.1, 0.15) is 85.7 Å². The number of rotatable bonds is 8. The zero-order valence-corrected chi connectivity index (χ0v) is 25.1. The molecule has 5 rings (SSSR count). The predicted molar refractivity (Wildman–Crippen MR) is 162 cm³/mol.